The van der Waals surface area contributed by atoms with Gasteiger partial charge in [0.25, 0.3) is 5.91 Å². The van der Waals surface area contributed by atoms with Gasteiger partial charge in [-0.05, 0) is 30.7 Å². The highest BCUT2D eigenvalue weighted by Crippen LogP contribution is 2.21. The fourth-order valence-corrected chi connectivity index (χ4v) is 2.20. The van der Waals surface area contributed by atoms with Crippen LogP contribution in [0.5, 0.6) is 5.75 Å². The molecule has 0 aliphatic rings. The van der Waals surface area contributed by atoms with Gasteiger partial charge in [-0.15, -0.1) is 0 Å². The van der Waals surface area contributed by atoms with E-state index >= 15 is 0 Å². The van der Waals surface area contributed by atoms with Crippen LogP contribution in [0.4, 0.5) is 0 Å². The molecule has 0 fully saturated rings. The second-order valence-corrected chi connectivity index (χ2v) is 5.83. The van der Waals surface area contributed by atoms with Gasteiger partial charge in [0.2, 0.25) is 5.91 Å². The summed E-state index contributed by atoms with van der Waals surface area (Å²) in [6.45, 7) is 2.05. The van der Waals surface area contributed by atoms with Gasteiger partial charge in [0, 0.05) is 17.3 Å². The maximum atomic E-state index is 12.0. The number of nitrogens with one attached hydrogen (secondary N) is 2. The van der Waals surface area contributed by atoms with Crippen molar-refractivity contribution in [3.05, 3.63) is 64.7 Å². The molecule has 6 nitrogen and oxygen atoms in total. The third-order valence-corrected chi connectivity index (χ3v) is 3.54. The van der Waals surface area contributed by atoms with Crippen molar-refractivity contribution in [1.29, 1.82) is 0 Å². The summed E-state index contributed by atoms with van der Waals surface area (Å²) in [5, 5.41) is 16.6. The molecule has 3 N–H and O–H groups in total. The summed E-state index contributed by atoms with van der Waals surface area (Å²) in [7, 11) is 0. The highest BCUT2D eigenvalue weighted by atomic mass is 35.5. The molecule has 7 heteroatoms. The minimum atomic E-state index is -0.607. The van der Waals surface area contributed by atoms with Crippen LogP contribution >= 0.6 is 11.6 Å². The maximum Gasteiger partial charge on any atom is 0.275 e. The number of nitrogens with zero attached hydrogens (tertiary/aromatic N) is 1. The van der Waals surface area contributed by atoms with Gasteiger partial charge >= 0.3 is 0 Å². The molecule has 2 aromatic carbocycles. The number of benzene rings is 2. The van der Waals surface area contributed by atoms with Crippen LogP contribution in [0.25, 0.3) is 0 Å². The summed E-state index contributed by atoms with van der Waals surface area (Å²) in [6, 6.07) is 13.7. The molecule has 0 saturated carbocycles. The van der Waals surface area contributed by atoms with Gasteiger partial charge in [0.1, 0.15) is 5.75 Å². The Hall–Kier alpha value is -2.86. The summed E-state index contributed by atoms with van der Waals surface area (Å²) in [5.41, 5.74) is 3.73. The van der Waals surface area contributed by atoms with Crippen LogP contribution < -0.4 is 10.7 Å². The maximum absolute atomic E-state index is 12.0. The molecule has 0 heterocycles. The SMILES string of the molecule is CC(CC(=O)NCc1ccccc1)=NNC(=O)c1cc(Cl)ccc1O. The average Bonchev–Trinajstić information content (AvgIpc) is 2.61. The molecule has 0 atom stereocenters. The van der Waals surface area contributed by atoms with Crippen LogP contribution in [-0.2, 0) is 11.3 Å². The summed E-state index contributed by atoms with van der Waals surface area (Å²) < 4.78 is 0. The molecule has 25 heavy (non-hydrogen) atoms. The van der Waals surface area contributed by atoms with E-state index in [0.29, 0.717) is 17.3 Å². The van der Waals surface area contributed by atoms with Crippen molar-refractivity contribution in [2.45, 2.75) is 19.9 Å². The first-order valence-corrected chi connectivity index (χ1v) is 7.96. The van der Waals surface area contributed by atoms with Crippen molar-refractivity contribution in [2.24, 2.45) is 5.10 Å². The number of halogens is 1. The Kier molecular flexibility index (Phi) is 6.54. The minimum absolute atomic E-state index is 0.0116. The van der Waals surface area contributed by atoms with Crippen molar-refractivity contribution in [3.63, 3.8) is 0 Å². The van der Waals surface area contributed by atoms with E-state index in [-0.39, 0.29) is 23.6 Å². The molecule has 0 spiro atoms. The average molecular weight is 360 g/mol. The molecule has 0 bridgehead atoms. The number of rotatable bonds is 6. The Balaban J connectivity index is 1.85. The largest absolute Gasteiger partial charge is 0.507 e. The van der Waals surface area contributed by atoms with Crippen molar-refractivity contribution in [1.82, 2.24) is 10.7 Å². The number of amides is 2. The topological polar surface area (TPSA) is 90.8 Å². The summed E-state index contributed by atoms with van der Waals surface area (Å²) >= 11 is 5.80. The van der Waals surface area contributed by atoms with Gasteiger partial charge in [-0.25, -0.2) is 5.43 Å². The van der Waals surface area contributed by atoms with Crippen molar-refractivity contribution in [2.75, 3.05) is 0 Å². The fourth-order valence-electron chi connectivity index (χ4n) is 2.03. The lowest BCUT2D eigenvalue weighted by Crippen LogP contribution is -2.26. The first-order valence-electron chi connectivity index (χ1n) is 7.58. The third-order valence-electron chi connectivity index (χ3n) is 3.30. The van der Waals surface area contributed by atoms with Crippen molar-refractivity contribution >= 4 is 29.1 Å². The first-order chi connectivity index (χ1) is 12.0. The Labute approximate surface area is 150 Å². The highest BCUT2D eigenvalue weighted by Gasteiger charge is 2.11. The Morgan fingerprint density at radius 2 is 1.88 bits per heavy atom. The summed E-state index contributed by atoms with van der Waals surface area (Å²) in [6.07, 6.45) is 0.0502. The van der Waals surface area contributed by atoms with Gasteiger partial charge in [-0.2, -0.15) is 5.10 Å². The van der Waals surface area contributed by atoms with E-state index in [2.05, 4.69) is 15.8 Å². The zero-order valence-corrected chi connectivity index (χ0v) is 14.4. The Morgan fingerprint density at radius 1 is 1.16 bits per heavy atom. The lowest BCUT2D eigenvalue weighted by Gasteiger charge is -2.06. The van der Waals surface area contributed by atoms with E-state index in [1.165, 1.54) is 18.2 Å². The minimum Gasteiger partial charge on any atom is -0.507 e. The van der Waals surface area contributed by atoms with Gasteiger partial charge in [0.05, 0.1) is 12.0 Å². The second-order valence-electron chi connectivity index (χ2n) is 5.39. The highest BCUT2D eigenvalue weighted by molar-refractivity contribution is 6.31. The van der Waals surface area contributed by atoms with Gasteiger partial charge in [-0.3, -0.25) is 9.59 Å². The van der Waals surface area contributed by atoms with Gasteiger partial charge in [-0.1, -0.05) is 41.9 Å². The zero-order chi connectivity index (χ0) is 18.2. The molecule has 2 amide bonds. The molecule has 130 valence electrons. The number of phenolic OH excluding ortho intramolecular Hbond substituents is 1. The number of phenols is 1. The smallest absolute Gasteiger partial charge is 0.275 e. The predicted molar refractivity (Wildman–Crippen MR) is 96.6 cm³/mol. The van der Waals surface area contributed by atoms with E-state index < -0.39 is 5.91 Å². The number of hydrogen-bond donors (Lipinski definition) is 3. The van der Waals surface area contributed by atoms with E-state index in [9.17, 15) is 14.7 Å². The third kappa shape index (κ3) is 5.93. The Morgan fingerprint density at radius 3 is 2.60 bits per heavy atom. The number of hydrazone groups is 1. The van der Waals surface area contributed by atoms with E-state index in [4.69, 9.17) is 11.6 Å². The molecule has 0 radical (unpaired) electrons. The monoisotopic (exact) mass is 359 g/mol. The second kappa shape index (κ2) is 8.84. The molecule has 0 saturated heterocycles. The fraction of sp³-hybridized carbons (Fsp3) is 0.167. The van der Waals surface area contributed by atoms with Crippen molar-refractivity contribution in [3.8, 4) is 5.75 Å². The molecule has 0 aliphatic heterocycles. The van der Waals surface area contributed by atoms with E-state index in [0.717, 1.165) is 5.56 Å². The van der Waals surface area contributed by atoms with Crippen LogP contribution in [0.15, 0.2) is 53.6 Å². The molecule has 0 aromatic heterocycles. The van der Waals surface area contributed by atoms with Crippen LogP contribution in [0.2, 0.25) is 5.02 Å². The van der Waals surface area contributed by atoms with Crippen molar-refractivity contribution < 1.29 is 14.7 Å². The standard InChI is InChI=1S/C18H18ClN3O3/c1-12(9-17(24)20-11-13-5-3-2-4-6-13)21-22-18(25)15-10-14(19)7-8-16(15)23/h2-8,10,23H,9,11H2,1H3,(H,20,24)(H,22,25). The molecular formula is C18H18ClN3O3. The number of carbonyl (C=O) groups is 2. The number of aromatic hydroxyl groups is 1. The molecule has 0 unspecified atom stereocenters. The first kappa shape index (κ1) is 18.5. The predicted octanol–water partition coefficient (Wildman–Crippen LogP) is 2.86. The number of hydrogen-bond acceptors (Lipinski definition) is 4. The van der Waals surface area contributed by atoms with Crippen LogP contribution in [-0.4, -0.2) is 22.6 Å². The van der Waals surface area contributed by atoms with Gasteiger partial charge < -0.3 is 10.4 Å². The normalized spacial score (nSPS) is 11.0. The lowest BCUT2D eigenvalue weighted by atomic mass is 10.2. The molecular weight excluding hydrogens is 342 g/mol. The van der Waals surface area contributed by atoms with E-state index in [1.807, 2.05) is 30.3 Å². The quantitative estimate of drug-likeness (QED) is 0.547. The van der Waals surface area contributed by atoms with Crippen LogP contribution in [0.1, 0.15) is 29.3 Å². The molecule has 0 aliphatic carbocycles. The van der Waals surface area contributed by atoms with Gasteiger partial charge in [0.15, 0.2) is 0 Å². The van der Waals surface area contributed by atoms with E-state index in [1.54, 1.807) is 6.92 Å². The molecule has 2 rings (SSSR count). The van der Waals surface area contributed by atoms with Crippen LogP contribution in [0, 0.1) is 0 Å². The summed E-state index contributed by atoms with van der Waals surface area (Å²) in [4.78, 5) is 23.9. The number of carbonyl (C=O) groups excluding carboxylic acids is 2. The summed E-state index contributed by atoms with van der Waals surface area (Å²) in [5.74, 6) is -1.01. The van der Waals surface area contributed by atoms with Crippen LogP contribution in [0.3, 0.4) is 0 Å². The molecule has 2 aromatic rings. The zero-order valence-electron chi connectivity index (χ0n) is 13.6. The Bertz CT molecular complexity index is 791. The lowest BCUT2D eigenvalue weighted by molar-refractivity contribution is -0.120.